The molecule has 0 heterocycles. The number of hydrogen-bond donors (Lipinski definition) is 1. The minimum absolute atomic E-state index is 0.0139. The van der Waals surface area contributed by atoms with Gasteiger partial charge in [-0.3, -0.25) is 9.59 Å². The van der Waals surface area contributed by atoms with E-state index >= 15 is 0 Å². The Hall–Kier alpha value is -3.34. The van der Waals surface area contributed by atoms with Crippen LogP contribution in [0.1, 0.15) is 73.8 Å². The Morgan fingerprint density at radius 1 is 0.763 bits per heavy atom. The smallest absolute Gasteiger partial charge is 0.459 e. The molecule has 1 unspecified atom stereocenters. The van der Waals surface area contributed by atoms with Gasteiger partial charge in [0.2, 0.25) is 0 Å². The molecule has 1 aromatic rings. The summed E-state index contributed by atoms with van der Waals surface area (Å²) in [5, 5.41) is 0. The molecule has 1 rings (SSSR count). The highest BCUT2D eigenvalue weighted by molar-refractivity contribution is 5.76. The van der Waals surface area contributed by atoms with Crippen LogP contribution in [-0.2, 0) is 35.0 Å². The Kier molecular flexibility index (Phi) is 13.6. The van der Waals surface area contributed by atoms with Crippen LogP contribution in [0.4, 0.5) is 9.59 Å². The van der Waals surface area contributed by atoms with Crippen molar-refractivity contribution >= 4 is 24.2 Å². The van der Waals surface area contributed by atoms with Gasteiger partial charge in [0.05, 0.1) is 12.2 Å². The molecule has 4 atom stereocenters. The predicted molar refractivity (Wildman–Crippen MR) is 138 cm³/mol. The third-order valence-electron chi connectivity index (χ3n) is 5.31. The number of benzene rings is 1. The summed E-state index contributed by atoms with van der Waals surface area (Å²) in [7, 11) is 0. The fourth-order valence-corrected chi connectivity index (χ4v) is 2.94. The molecule has 11 nitrogen and oxygen atoms in total. The Morgan fingerprint density at radius 3 is 1.82 bits per heavy atom. The highest BCUT2D eigenvalue weighted by atomic mass is 16.7. The molecule has 0 aliphatic carbocycles. The van der Waals surface area contributed by atoms with Gasteiger partial charge in [-0.2, -0.15) is 0 Å². The van der Waals surface area contributed by atoms with Gasteiger partial charge in [0.15, 0.2) is 11.5 Å². The van der Waals surface area contributed by atoms with Crippen LogP contribution >= 0.6 is 0 Å². The lowest BCUT2D eigenvalue weighted by Gasteiger charge is -2.23. The topological polar surface area (TPSA) is 150 Å². The van der Waals surface area contributed by atoms with Gasteiger partial charge in [-0.1, -0.05) is 26.3 Å². The van der Waals surface area contributed by atoms with Gasteiger partial charge >= 0.3 is 24.2 Å². The van der Waals surface area contributed by atoms with E-state index in [2.05, 4.69) is 0 Å². The first-order chi connectivity index (χ1) is 17.7. The quantitative estimate of drug-likeness (QED) is 0.211. The van der Waals surface area contributed by atoms with E-state index in [1.54, 1.807) is 47.6 Å². The van der Waals surface area contributed by atoms with Gasteiger partial charge in [-0.25, -0.2) is 9.59 Å². The molecule has 0 aliphatic heterocycles. The van der Waals surface area contributed by atoms with Crippen LogP contribution in [0, 0.1) is 5.92 Å². The molecular formula is C27H41NO10. The largest absolute Gasteiger partial charge is 0.514 e. The molecule has 214 valence electrons. The van der Waals surface area contributed by atoms with E-state index in [1.165, 1.54) is 12.1 Å². The van der Waals surface area contributed by atoms with E-state index < -0.39 is 48.7 Å². The molecule has 38 heavy (non-hydrogen) atoms. The summed E-state index contributed by atoms with van der Waals surface area (Å²) >= 11 is 0. The van der Waals surface area contributed by atoms with E-state index in [0.29, 0.717) is 5.56 Å². The molecule has 0 aromatic heterocycles. The third-order valence-corrected chi connectivity index (χ3v) is 5.31. The molecule has 0 aliphatic rings. The van der Waals surface area contributed by atoms with Crippen LogP contribution in [0.15, 0.2) is 18.2 Å². The number of nitrogens with two attached hydrogens (primary N) is 1. The molecule has 0 fully saturated rings. The first-order valence-electron chi connectivity index (χ1n) is 12.8. The molecule has 0 spiro atoms. The summed E-state index contributed by atoms with van der Waals surface area (Å²) in [6.45, 7) is 13.8. The van der Waals surface area contributed by atoms with Gasteiger partial charge in [0, 0.05) is 6.42 Å². The van der Waals surface area contributed by atoms with E-state index in [4.69, 9.17) is 34.2 Å². The molecule has 1 aromatic carbocycles. The minimum Gasteiger partial charge on any atom is -0.459 e. The first-order valence-corrected chi connectivity index (χ1v) is 12.8. The lowest BCUT2D eigenvalue weighted by Crippen LogP contribution is -2.39. The highest BCUT2D eigenvalue weighted by Gasteiger charge is 2.25. The summed E-state index contributed by atoms with van der Waals surface area (Å²) in [5.41, 5.74) is 6.55. The van der Waals surface area contributed by atoms with Crippen LogP contribution in [0.5, 0.6) is 11.5 Å². The maximum absolute atomic E-state index is 12.6. The lowest BCUT2D eigenvalue weighted by atomic mass is 10.1. The van der Waals surface area contributed by atoms with E-state index in [1.807, 2.05) is 13.8 Å². The van der Waals surface area contributed by atoms with Crippen molar-refractivity contribution in [1.29, 1.82) is 0 Å². The third kappa shape index (κ3) is 12.3. The summed E-state index contributed by atoms with van der Waals surface area (Å²) < 4.78 is 31.1. The van der Waals surface area contributed by atoms with Crippen molar-refractivity contribution in [3.05, 3.63) is 23.8 Å². The zero-order valence-corrected chi connectivity index (χ0v) is 23.5. The second kappa shape index (κ2) is 15.8. The van der Waals surface area contributed by atoms with Crippen LogP contribution in [-0.4, -0.2) is 54.7 Å². The molecule has 0 amide bonds. The molecule has 0 saturated carbocycles. The zero-order valence-electron chi connectivity index (χ0n) is 23.5. The molecular weight excluding hydrogens is 498 g/mol. The maximum atomic E-state index is 12.6. The molecule has 11 heteroatoms. The minimum atomic E-state index is -1.08. The first kappa shape index (κ1) is 32.7. The molecule has 2 N–H and O–H groups in total. The summed E-state index contributed by atoms with van der Waals surface area (Å²) in [6.07, 6.45) is -3.08. The van der Waals surface area contributed by atoms with Crippen molar-refractivity contribution in [2.24, 2.45) is 11.7 Å². The van der Waals surface area contributed by atoms with Crippen molar-refractivity contribution in [2.75, 3.05) is 0 Å². The Labute approximate surface area is 224 Å². The van der Waals surface area contributed by atoms with Gasteiger partial charge in [-0.05, 0) is 71.6 Å². The van der Waals surface area contributed by atoms with E-state index in [-0.39, 0.29) is 36.2 Å². The second-order valence-electron chi connectivity index (χ2n) is 9.68. The highest BCUT2D eigenvalue weighted by Crippen LogP contribution is 2.30. The van der Waals surface area contributed by atoms with Gasteiger partial charge < -0.3 is 34.2 Å². The summed E-state index contributed by atoms with van der Waals surface area (Å²) in [4.78, 5) is 48.6. The van der Waals surface area contributed by atoms with Crippen LogP contribution in [0.25, 0.3) is 0 Å². The maximum Gasteiger partial charge on any atom is 0.514 e. The van der Waals surface area contributed by atoms with E-state index in [9.17, 15) is 19.2 Å². The van der Waals surface area contributed by atoms with Crippen LogP contribution < -0.4 is 15.2 Å². The van der Waals surface area contributed by atoms with Crippen molar-refractivity contribution in [2.45, 2.75) is 105 Å². The fourth-order valence-electron chi connectivity index (χ4n) is 2.94. The van der Waals surface area contributed by atoms with Gasteiger partial charge in [-0.15, -0.1) is 0 Å². The fraction of sp³-hybridized carbons (Fsp3) is 0.630. The van der Waals surface area contributed by atoms with Crippen molar-refractivity contribution < 1.29 is 47.6 Å². The lowest BCUT2D eigenvalue weighted by molar-refractivity contribution is -0.166. The molecule has 0 bridgehead atoms. The Balaban J connectivity index is 2.89. The van der Waals surface area contributed by atoms with E-state index in [0.717, 1.165) is 6.42 Å². The van der Waals surface area contributed by atoms with Crippen molar-refractivity contribution in [3.8, 4) is 11.5 Å². The number of esters is 2. The van der Waals surface area contributed by atoms with Crippen molar-refractivity contribution in [3.63, 3.8) is 0 Å². The summed E-state index contributed by atoms with van der Waals surface area (Å²) in [6, 6.07) is 3.26. The number of hydrogen-bond acceptors (Lipinski definition) is 11. The summed E-state index contributed by atoms with van der Waals surface area (Å²) in [5.74, 6) is -1.07. The zero-order chi connectivity index (χ0) is 29.0. The number of ether oxygens (including phenoxy) is 6. The Morgan fingerprint density at radius 2 is 1.29 bits per heavy atom. The number of carbonyl (C=O) groups is 4. The van der Waals surface area contributed by atoms with Crippen LogP contribution in [0.2, 0.25) is 0 Å². The number of rotatable bonds is 13. The standard InChI is InChI=1S/C27H41NO10/c1-9-17(6)12-24(29)35-18(7)19(8)36-25(30)21(28)13-20-10-11-22(37-26(31)33-15(2)3)23(14-20)38-27(32)34-16(4)5/h10-11,14-19,21H,9,12-13,28H2,1-8H3/t17?,18-,19-,21-/m0/s1. The second-order valence-corrected chi connectivity index (χ2v) is 9.68. The number of carbonyl (C=O) groups excluding carboxylic acids is 4. The molecule has 0 saturated heterocycles. The average molecular weight is 540 g/mol. The SMILES string of the molecule is CCC(C)CC(=O)O[C@@H](C)[C@H](C)OC(=O)[C@@H](N)Cc1ccc(OC(=O)OC(C)C)c(OC(=O)OC(C)C)c1. The molecule has 0 radical (unpaired) electrons. The Bertz CT molecular complexity index is 946. The van der Waals surface area contributed by atoms with Gasteiger partial charge in [0.25, 0.3) is 0 Å². The monoisotopic (exact) mass is 539 g/mol. The predicted octanol–water partition coefficient (Wildman–Crippen LogP) is 4.70. The van der Waals surface area contributed by atoms with Crippen LogP contribution in [0.3, 0.4) is 0 Å². The average Bonchev–Trinajstić information content (AvgIpc) is 2.79. The van der Waals surface area contributed by atoms with Crippen molar-refractivity contribution in [1.82, 2.24) is 0 Å². The van der Waals surface area contributed by atoms with Gasteiger partial charge in [0.1, 0.15) is 18.2 Å². The normalized spacial score (nSPS) is 14.2.